The molecule has 0 N–H and O–H groups in total. The number of carbonyl (C=O) groups is 1. The summed E-state index contributed by atoms with van der Waals surface area (Å²) >= 11 is 0. The Labute approximate surface area is 125 Å². The molecule has 5 heteroatoms. The Bertz CT molecular complexity index is 458. The molecule has 0 aliphatic heterocycles. The molecule has 1 amide bonds. The first kappa shape index (κ1) is 17.3. The molecule has 1 aromatic carbocycles. The van der Waals surface area contributed by atoms with E-state index < -0.39 is 0 Å². The maximum absolute atomic E-state index is 12.8. The van der Waals surface area contributed by atoms with Crippen molar-refractivity contribution in [3.63, 3.8) is 0 Å². The fourth-order valence-corrected chi connectivity index (χ4v) is 1.70. The number of amides is 1. The van der Waals surface area contributed by atoms with E-state index >= 15 is 0 Å². The molecule has 0 heterocycles. The highest BCUT2D eigenvalue weighted by molar-refractivity contribution is 5.91. The first-order valence-electron chi connectivity index (χ1n) is 6.89. The van der Waals surface area contributed by atoms with Gasteiger partial charge in [0.25, 0.3) is 0 Å². The summed E-state index contributed by atoms with van der Waals surface area (Å²) in [7, 11) is 5.55. The summed E-state index contributed by atoms with van der Waals surface area (Å²) in [6.45, 7) is 2.49. The smallest absolute Gasteiger partial charge is 0.246 e. The first-order chi connectivity index (χ1) is 10.0. The zero-order chi connectivity index (χ0) is 15.7. The Morgan fingerprint density at radius 1 is 1.19 bits per heavy atom. The minimum absolute atomic E-state index is 0.0711. The second-order valence-electron chi connectivity index (χ2n) is 5.01. The van der Waals surface area contributed by atoms with Gasteiger partial charge in [0.1, 0.15) is 5.82 Å². The minimum Gasteiger partial charge on any atom is -0.383 e. The van der Waals surface area contributed by atoms with Crippen molar-refractivity contribution >= 4 is 12.0 Å². The Morgan fingerprint density at radius 3 is 2.43 bits per heavy atom. The first-order valence-corrected chi connectivity index (χ1v) is 6.89. The normalized spacial score (nSPS) is 11.3. The topological polar surface area (TPSA) is 32.8 Å². The van der Waals surface area contributed by atoms with Crippen LogP contribution in [0.3, 0.4) is 0 Å². The lowest BCUT2D eigenvalue weighted by atomic mass is 10.2. The number of benzene rings is 1. The number of rotatable bonds is 8. The third-order valence-electron chi connectivity index (χ3n) is 2.98. The van der Waals surface area contributed by atoms with Gasteiger partial charge in [-0.1, -0.05) is 12.1 Å². The number of hydrogen-bond acceptors (Lipinski definition) is 3. The summed E-state index contributed by atoms with van der Waals surface area (Å²) in [5.74, 6) is -0.357. The number of hydrogen-bond donors (Lipinski definition) is 0. The summed E-state index contributed by atoms with van der Waals surface area (Å²) in [5.41, 5.74) is 0.795. The van der Waals surface area contributed by atoms with Crippen LogP contribution in [0.2, 0.25) is 0 Å². The molecule has 4 nitrogen and oxygen atoms in total. The van der Waals surface area contributed by atoms with Gasteiger partial charge in [-0.15, -0.1) is 0 Å². The van der Waals surface area contributed by atoms with Crippen LogP contribution in [0, 0.1) is 5.82 Å². The van der Waals surface area contributed by atoms with Crippen molar-refractivity contribution in [1.82, 2.24) is 9.80 Å². The molecule has 0 saturated heterocycles. The molecule has 0 aliphatic rings. The van der Waals surface area contributed by atoms with E-state index in [1.54, 1.807) is 30.2 Å². The SMILES string of the molecule is COCCN(CCN(C)C)C(=O)C=Cc1ccc(F)cc1. The highest BCUT2D eigenvalue weighted by atomic mass is 19.1. The van der Waals surface area contributed by atoms with E-state index in [1.807, 2.05) is 19.0 Å². The number of nitrogens with zero attached hydrogens (tertiary/aromatic N) is 2. The lowest BCUT2D eigenvalue weighted by molar-refractivity contribution is -0.126. The molecule has 0 aromatic heterocycles. The highest BCUT2D eigenvalue weighted by Crippen LogP contribution is 2.05. The standard InChI is InChI=1S/C16H23FN2O2/c1-18(2)10-11-19(12-13-21-3)16(20)9-6-14-4-7-15(17)8-5-14/h4-9H,10-13H2,1-3H3. The molecular weight excluding hydrogens is 271 g/mol. The zero-order valence-electron chi connectivity index (χ0n) is 12.9. The molecular formula is C16H23FN2O2. The van der Waals surface area contributed by atoms with E-state index in [4.69, 9.17) is 4.74 Å². The zero-order valence-corrected chi connectivity index (χ0v) is 12.9. The summed E-state index contributed by atoms with van der Waals surface area (Å²) < 4.78 is 17.8. The fraction of sp³-hybridized carbons (Fsp3) is 0.438. The van der Waals surface area contributed by atoms with Gasteiger partial charge in [0.2, 0.25) is 5.91 Å². The molecule has 0 saturated carbocycles. The van der Waals surface area contributed by atoms with Crippen molar-refractivity contribution in [2.24, 2.45) is 0 Å². The van der Waals surface area contributed by atoms with Crippen molar-refractivity contribution in [3.8, 4) is 0 Å². The molecule has 0 aliphatic carbocycles. The van der Waals surface area contributed by atoms with Gasteiger partial charge in [-0.25, -0.2) is 4.39 Å². The van der Waals surface area contributed by atoms with Crippen LogP contribution >= 0.6 is 0 Å². The average Bonchev–Trinajstić information content (AvgIpc) is 2.46. The Kier molecular flexibility index (Phi) is 7.64. The molecule has 0 unspecified atom stereocenters. The number of halogens is 1. The number of methoxy groups -OCH3 is 1. The predicted octanol–water partition coefficient (Wildman–Crippen LogP) is 1.88. The van der Waals surface area contributed by atoms with Crippen LogP contribution in [-0.4, -0.2) is 63.2 Å². The van der Waals surface area contributed by atoms with Gasteiger partial charge < -0.3 is 14.5 Å². The fourth-order valence-electron chi connectivity index (χ4n) is 1.70. The second kappa shape index (κ2) is 9.26. The van der Waals surface area contributed by atoms with Gasteiger partial charge in [-0.05, 0) is 37.9 Å². The van der Waals surface area contributed by atoms with Crippen molar-refractivity contribution < 1.29 is 13.9 Å². The van der Waals surface area contributed by atoms with E-state index in [9.17, 15) is 9.18 Å². The molecule has 0 atom stereocenters. The van der Waals surface area contributed by atoms with E-state index in [-0.39, 0.29) is 11.7 Å². The van der Waals surface area contributed by atoms with Gasteiger partial charge in [0.15, 0.2) is 0 Å². The van der Waals surface area contributed by atoms with Crippen molar-refractivity contribution in [2.75, 3.05) is 47.4 Å². The molecule has 0 bridgehead atoms. The summed E-state index contributed by atoms with van der Waals surface area (Å²) in [5, 5.41) is 0. The third kappa shape index (κ3) is 7.02. The second-order valence-corrected chi connectivity index (χ2v) is 5.01. The lowest BCUT2D eigenvalue weighted by Crippen LogP contribution is -2.37. The van der Waals surface area contributed by atoms with E-state index in [1.165, 1.54) is 18.2 Å². The number of ether oxygens (including phenoxy) is 1. The van der Waals surface area contributed by atoms with Crippen LogP contribution in [0.15, 0.2) is 30.3 Å². The van der Waals surface area contributed by atoms with Crippen LogP contribution < -0.4 is 0 Å². The quantitative estimate of drug-likeness (QED) is 0.686. The molecule has 116 valence electrons. The van der Waals surface area contributed by atoms with Crippen LogP contribution in [0.4, 0.5) is 4.39 Å². The van der Waals surface area contributed by atoms with E-state index in [2.05, 4.69) is 0 Å². The van der Waals surface area contributed by atoms with Gasteiger partial charge in [-0.2, -0.15) is 0 Å². The maximum atomic E-state index is 12.8. The molecule has 21 heavy (non-hydrogen) atoms. The summed E-state index contributed by atoms with van der Waals surface area (Å²) in [6, 6.07) is 6.02. The van der Waals surface area contributed by atoms with E-state index in [0.717, 1.165) is 12.1 Å². The summed E-state index contributed by atoms with van der Waals surface area (Å²) in [4.78, 5) is 16.0. The number of likely N-dealkylation sites (N-methyl/N-ethyl adjacent to an activating group) is 1. The van der Waals surface area contributed by atoms with E-state index in [0.29, 0.717) is 19.7 Å². The van der Waals surface area contributed by atoms with Gasteiger partial charge in [0, 0.05) is 32.8 Å². The third-order valence-corrected chi connectivity index (χ3v) is 2.98. The Morgan fingerprint density at radius 2 is 1.86 bits per heavy atom. The maximum Gasteiger partial charge on any atom is 0.246 e. The minimum atomic E-state index is -0.286. The van der Waals surface area contributed by atoms with Crippen LogP contribution in [0.25, 0.3) is 6.08 Å². The predicted molar refractivity (Wildman–Crippen MR) is 82.4 cm³/mol. The Balaban J connectivity index is 2.63. The van der Waals surface area contributed by atoms with Gasteiger partial charge in [0.05, 0.1) is 6.61 Å². The molecule has 1 rings (SSSR count). The monoisotopic (exact) mass is 294 g/mol. The molecule has 0 spiro atoms. The Hall–Kier alpha value is -1.72. The van der Waals surface area contributed by atoms with Crippen LogP contribution in [-0.2, 0) is 9.53 Å². The van der Waals surface area contributed by atoms with Crippen molar-refractivity contribution in [2.45, 2.75) is 0 Å². The molecule has 0 radical (unpaired) electrons. The lowest BCUT2D eigenvalue weighted by Gasteiger charge is -2.22. The number of carbonyl (C=O) groups excluding carboxylic acids is 1. The molecule has 1 aromatic rings. The van der Waals surface area contributed by atoms with Gasteiger partial charge in [-0.3, -0.25) is 4.79 Å². The largest absolute Gasteiger partial charge is 0.383 e. The highest BCUT2D eigenvalue weighted by Gasteiger charge is 2.10. The van der Waals surface area contributed by atoms with Gasteiger partial charge >= 0.3 is 0 Å². The molecule has 0 fully saturated rings. The van der Waals surface area contributed by atoms with Crippen molar-refractivity contribution in [1.29, 1.82) is 0 Å². The van der Waals surface area contributed by atoms with Crippen LogP contribution in [0.1, 0.15) is 5.56 Å². The van der Waals surface area contributed by atoms with Crippen LogP contribution in [0.5, 0.6) is 0 Å². The summed E-state index contributed by atoms with van der Waals surface area (Å²) in [6.07, 6.45) is 3.20. The van der Waals surface area contributed by atoms with Crippen molar-refractivity contribution in [3.05, 3.63) is 41.7 Å². The average molecular weight is 294 g/mol.